The van der Waals surface area contributed by atoms with Crippen molar-refractivity contribution in [3.8, 4) is 28.4 Å². The Labute approximate surface area is 201 Å². The smallest absolute Gasteiger partial charge is 0.527 e. The molecule has 4 nitrogen and oxygen atoms in total. The third-order valence-electron chi connectivity index (χ3n) is 5.08. The van der Waals surface area contributed by atoms with E-state index in [1.807, 2.05) is 77.4 Å². The van der Waals surface area contributed by atoms with Crippen LogP contribution in [0.3, 0.4) is 0 Å². The largest absolute Gasteiger partial charge is 3.00 e. The van der Waals surface area contributed by atoms with Gasteiger partial charge >= 0.3 is 20.1 Å². The van der Waals surface area contributed by atoms with Gasteiger partial charge in [0.1, 0.15) is 5.75 Å². The average molecular weight is 596 g/mol. The molecular formula is C27H21IrN3O+. The van der Waals surface area contributed by atoms with Gasteiger partial charge in [-0.2, -0.15) is 18.2 Å². The van der Waals surface area contributed by atoms with Gasteiger partial charge in [0.25, 0.3) is 0 Å². The Morgan fingerprint density at radius 1 is 0.875 bits per heavy atom. The number of para-hydroxylation sites is 2. The van der Waals surface area contributed by atoms with Crippen LogP contribution in [0.25, 0.3) is 28.0 Å². The molecule has 0 amide bonds. The number of benzene rings is 3. The first-order valence-corrected chi connectivity index (χ1v) is 10.3. The monoisotopic (exact) mass is 596 g/mol. The molecule has 32 heavy (non-hydrogen) atoms. The first-order chi connectivity index (χ1) is 15.2. The Morgan fingerprint density at radius 3 is 2.44 bits per heavy atom. The van der Waals surface area contributed by atoms with E-state index >= 15 is 0 Å². The molecule has 0 saturated carbocycles. The van der Waals surface area contributed by atoms with Crippen molar-refractivity contribution < 1.29 is 29.4 Å². The molecule has 0 saturated heterocycles. The molecule has 1 aliphatic rings. The summed E-state index contributed by atoms with van der Waals surface area (Å²) in [6.45, 7) is 4.31. The Balaban J connectivity index is 0.000000164. The van der Waals surface area contributed by atoms with Crippen LogP contribution in [0.15, 0.2) is 85.1 Å². The van der Waals surface area contributed by atoms with Crippen LogP contribution in [0.4, 0.5) is 0 Å². The number of aromatic nitrogens is 3. The molecule has 2 aromatic heterocycles. The van der Waals surface area contributed by atoms with Gasteiger partial charge in [-0.1, -0.05) is 24.3 Å². The van der Waals surface area contributed by atoms with E-state index in [0.29, 0.717) is 6.04 Å². The van der Waals surface area contributed by atoms with Gasteiger partial charge in [0.2, 0.25) is 6.33 Å². The number of hydrogen-bond acceptors (Lipinski definition) is 2. The summed E-state index contributed by atoms with van der Waals surface area (Å²) in [6, 6.07) is 32.3. The molecule has 0 bridgehead atoms. The van der Waals surface area contributed by atoms with Gasteiger partial charge in [-0.25, -0.2) is 0 Å². The molecule has 1 aliphatic heterocycles. The molecule has 158 valence electrons. The van der Waals surface area contributed by atoms with Gasteiger partial charge in [0.15, 0.2) is 0 Å². The van der Waals surface area contributed by atoms with E-state index in [1.54, 1.807) is 6.20 Å². The van der Waals surface area contributed by atoms with Crippen LogP contribution in [0.1, 0.15) is 19.9 Å². The summed E-state index contributed by atoms with van der Waals surface area (Å²) in [7, 11) is 0. The number of ether oxygens (including phenoxy) is 1. The first kappa shape index (κ1) is 21.9. The second-order valence-corrected chi connectivity index (χ2v) is 7.50. The molecule has 3 aromatic carbocycles. The van der Waals surface area contributed by atoms with Crippen LogP contribution >= 0.6 is 0 Å². The zero-order valence-electron chi connectivity index (χ0n) is 17.7. The number of hydrogen-bond donors (Lipinski definition) is 0. The van der Waals surface area contributed by atoms with E-state index in [9.17, 15) is 0 Å². The molecule has 0 fully saturated rings. The fraction of sp³-hybridized carbons (Fsp3) is 0.111. The number of pyridine rings is 1. The number of fused-ring (bicyclic) bond motifs is 2. The van der Waals surface area contributed by atoms with Crippen molar-refractivity contribution in [2.45, 2.75) is 19.9 Å². The molecule has 5 aromatic rings. The van der Waals surface area contributed by atoms with Gasteiger partial charge in [0, 0.05) is 11.9 Å². The predicted octanol–water partition coefficient (Wildman–Crippen LogP) is 5.75. The zero-order chi connectivity index (χ0) is 21.2. The van der Waals surface area contributed by atoms with Gasteiger partial charge in [-0.3, -0.25) is 0 Å². The van der Waals surface area contributed by atoms with E-state index in [2.05, 4.69) is 47.9 Å². The second kappa shape index (κ2) is 9.47. The Hall–Kier alpha value is -3.27. The van der Waals surface area contributed by atoms with Crippen LogP contribution in [0, 0.1) is 18.5 Å². The molecule has 0 spiro atoms. The maximum Gasteiger partial charge on any atom is 3.00 e. The van der Waals surface area contributed by atoms with Crippen molar-refractivity contribution in [3.63, 3.8) is 0 Å². The summed E-state index contributed by atoms with van der Waals surface area (Å²) >= 11 is 0. The number of imidazole rings is 1. The minimum Gasteiger partial charge on any atom is -0.527 e. The van der Waals surface area contributed by atoms with E-state index in [4.69, 9.17) is 4.74 Å². The molecule has 5 heteroatoms. The van der Waals surface area contributed by atoms with Crippen LogP contribution < -0.4 is 9.30 Å². The van der Waals surface area contributed by atoms with Crippen molar-refractivity contribution in [1.82, 2.24) is 9.55 Å². The minimum atomic E-state index is 0. The molecule has 0 atom stereocenters. The van der Waals surface area contributed by atoms with Crippen molar-refractivity contribution in [1.29, 1.82) is 0 Å². The quantitative estimate of drug-likeness (QED) is 0.189. The van der Waals surface area contributed by atoms with Crippen molar-refractivity contribution in [2.75, 3.05) is 0 Å². The summed E-state index contributed by atoms with van der Waals surface area (Å²) in [5.74, 6) is 1.70. The molecule has 3 heterocycles. The third kappa shape index (κ3) is 4.10. The Morgan fingerprint density at radius 2 is 1.69 bits per heavy atom. The summed E-state index contributed by atoms with van der Waals surface area (Å²) < 4.78 is 10.1. The first-order valence-electron chi connectivity index (χ1n) is 10.3. The number of nitrogens with zero attached hydrogens (tertiary/aromatic N) is 3. The maximum atomic E-state index is 5.96. The van der Waals surface area contributed by atoms with Crippen molar-refractivity contribution in [3.05, 3.63) is 104 Å². The third-order valence-corrected chi connectivity index (χ3v) is 5.08. The summed E-state index contributed by atoms with van der Waals surface area (Å²) in [6.07, 6.45) is 5.20. The van der Waals surface area contributed by atoms with E-state index in [1.165, 1.54) is 0 Å². The maximum absolute atomic E-state index is 5.96. The number of rotatable bonds is 2. The molecule has 0 unspecified atom stereocenters. The average Bonchev–Trinajstić information content (AvgIpc) is 3.23. The fourth-order valence-electron chi connectivity index (χ4n) is 3.64. The van der Waals surface area contributed by atoms with E-state index in [0.717, 1.165) is 39.5 Å². The van der Waals surface area contributed by atoms with Gasteiger partial charge in [-0.05, 0) is 37.4 Å². The van der Waals surface area contributed by atoms with Crippen LogP contribution in [0.5, 0.6) is 11.5 Å². The normalized spacial score (nSPS) is 11.1. The SMILES string of the molecule is CC(C)n1[c-][n+]2c3c(cccc31)Oc1ccc[c-]c1-2.[Ir+3].[c-]1ccccc1-c1ccccn1. The van der Waals surface area contributed by atoms with Crippen molar-refractivity contribution in [2.24, 2.45) is 0 Å². The van der Waals surface area contributed by atoms with Gasteiger partial charge in [-0.15, -0.1) is 42.0 Å². The van der Waals surface area contributed by atoms with E-state index in [-0.39, 0.29) is 20.1 Å². The zero-order valence-corrected chi connectivity index (χ0v) is 20.1. The summed E-state index contributed by atoms with van der Waals surface area (Å²) in [5, 5.41) is 0. The minimum absolute atomic E-state index is 0. The van der Waals surface area contributed by atoms with Crippen LogP contribution in [0.2, 0.25) is 0 Å². The predicted molar refractivity (Wildman–Crippen MR) is 120 cm³/mol. The summed E-state index contributed by atoms with van der Waals surface area (Å²) in [5.41, 5.74) is 5.13. The molecule has 0 N–H and O–H groups in total. The van der Waals surface area contributed by atoms with Gasteiger partial charge in [0.05, 0.1) is 17.1 Å². The standard InChI is InChI=1S/C16H13N2O.C11H8N.Ir/c1-11(2)17-10-18-12-6-3-4-8-14(12)19-15-9-5-7-13(17)16(15)18;1-2-6-10(7-3-1)11-8-4-5-9-12-11;/h3-5,7-9,11H,1-2H3;1-6,8-9H;/q2*-1;+3. The Kier molecular flexibility index (Phi) is 6.50. The van der Waals surface area contributed by atoms with Crippen molar-refractivity contribution >= 4 is 11.0 Å². The molecule has 0 aliphatic carbocycles. The topological polar surface area (TPSA) is 30.9 Å². The second-order valence-electron chi connectivity index (χ2n) is 7.50. The van der Waals surface area contributed by atoms with Crippen LogP contribution in [-0.2, 0) is 20.1 Å². The van der Waals surface area contributed by atoms with Crippen LogP contribution in [-0.4, -0.2) is 9.55 Å². The fourth-order valence-corrected chi connectivity index (χ4v) is 3.64. The molecular weight excluding hydrogens is 575 g/mol. The summed E-state index contributed by atoms with van der Waals surface area (Å²) in [4.78, 5) is 4.22. The van der Waals surface area contributed by atoms with Gasteiger partial charge < -0.3 is 18.9 Å². The Bertz CT molecular complexity index is 1290. The molecule has 0 radical (unpaired) electrons. The molecule has 6 rings (SSSR count). The van der Waals surface area contributed by atoms with E-state index < -0.39 is 0 Å².